The first-order valence-corrected chi connectivity index (χ1v) is 5.47. The van der Waals surface area contributed by atoms with E-state index in [2.05, 4.69) is 0 Å². The van der Waals surface area contributed by atoms with E-state index in [9.17, 15) is 8.78 Å². The summed E-state index contributed by atoms with van der Waals surface area (Å²) in [6.07, 6.45) is 0.888. The average Bonchev–Trinajstić information content (AvgIpc) is 2.27. The molecule has 0 saturated heterocycles. The summed E-state index contributed by atoms with van der Waals surface area (Å²) in [6.45, 7) is 4.86. The molecule has 0 heterocycles. The van der Waals surface area contributed by atoms with E-state index in [-0.39, 0.29) is 5.56 Å². The maximum absolute atomic E-state index is 13.6. The smallest absolute Gasteiger partial charge is 0.149 e. The summed E-state index contributed by atoms with van der Waals surface area (Å²) in [5, 5.41) is 8.94. The lowest BCUT2D eigenvalue weighted by atomic mass is 10.1. The number of anilines is 1. The zero-order valence-electron chi connectivity index (χ0n) is 9.63. The number of nitrogens with zero attached hydrogens (tertiary/aromatic N) is 1. The van der Waals surface area contributed by atoms with Gasteiger partial charge in [-0.25, -0.2) is 8.78 Å². The van der Waals surface area contributed by atoms with Gasteiger partial charge in [0.1, 0.15) is 11.6 Å². The van der Waals surface area contributed by atoms with E-state index in [1.54, 1.807) is 0 Å². The van der Waals surface area contributed by atoms with E-state index in [0.717, 1.165) is 12.5 Å². The first-order chi connectivity index (χ1) is 7.63. The molecule has 0 saturated carbocycles. The van der Waals surface area contributed by atoms with Gasteiger partial charge in [-0.05, 0) is 19.4 Å². The van der Waals surface area contributed by atoms with Crippen LogP contribution in [0, 0.1) is 11.6 Å². The molecular weight excluding hydrogens is 212 g/mol. The van der Waals surface area contributed by atoms with Crippen LogP contribution in [-0.2, 0) is 6.61 Å². The van der Waals surface area contributed by atoms with E-state index in [1.807, 2.05) is 18.7 Å². The summed E-state index contributed by atoms with van der Waals surface area (Å²) in [7, 11) is 0. The fourth-order valence-electron chi connectivity index (χ4n) is 1.66. The van der Waals surface area contributed by atoms with E-state index >= 15 is 0 Å². The van der Waals surface area contributed by atoms with Crippen LogP contribution in [0.5, 0.6) is 0 Å². The molecule has 1 N–H and O–H groups in total. The SMILES string of the molecule is CCCN(CC)c1cc(CO)c(F)cc1F. The lowest BCUT2D eigenvalue weighted by molar-refractivity contribution is 0.275. The third-order valence-corrected chi connectivity index (χ3v) is 2.50. The average molecular weight is 229 g/mol. The summed E-state index contributed by atoms with van der Waals surface area (Å²) in [5.74, 6) is -1.28. The minimum atomic E-state index is -0.698. The van der Waals surface area contributed by atoms with Crippen molar-refractivity contribution in [3.05, 3.63) is 29.3 Å². The third-order valence-electron chi connectivity index (χ3n) is 2.50. The quantitative estimate of drug-likeness (QED) is 0.839. The van der Waals surface area contributed by atoms with Gasteiger partial charge >= 0.3 is 0 Å². The molecule has 16 heavy (non-hydrogen) atoms. The fourth-order valence-corrected chi connectivity index (χ4v) is 1.66. The highest BCUT2D eigenvalue weighted by atomic mass is 19.1. The van der Waals surface area contributed by atoms with Crippen LogP contribution in [-0.4, -0.2) is 18.2 Å². The van der Waals surface area contributed by atoms with Crippen LogP contribution in [0.2, 0.25) is 0 Å². The Hall–Kier alpha value is -1.16. The van der Waals surface area contributed by atoms with Crippen molar-refractivity contribution in [3.63, 3.8) is 0 Å². The molecule has 0 aliphatic heterocycles. The summed E-state index contributed by atoms with van der Waals surface area (Å²) in [4.78, 5) is 1.83. The van der Waals surface area contributed by atoms with Crippen LogP contribution in [0.15, 0.2) is 12.1 Å². The Morgan fingerprint density at radius 3 is 2.38 bits per heavy atom. The molecular formula is C12H17F2NO. The molecule has 1 rings (SSSR count). The van der Waals surface area contributed by atoms with Gasteiger partial charge < -0.3 is 10.0 Å². The van der Waals surface area contributed by atoms with Gasteiger partial charge in [-0.2, -0.15) is 0 Å². The van der Waals surface area contributed by atoms with Gasteiger partial charge in [0.25, 0.3) is 0 Å². The van der Waals surface area contributed by atoms with Gasteiger partial charge in [-0.3, -0.25) is 0 Å². The Kier molecular flexibility index (Phi) is 4.68. The summed E-state index contributed by atoms with van der Waals surface area (Å²) < 4.78 is 26.7. The van der Waals surface area contributed by atoms with E-state index in [1.165, 1.54) is 6.07 Å². The van der Waals surface area contributed by atoms with Gasteiger partial charge in [-0.1, -0.05) is 6.92 Å². The monoisotopic (exact) mass is 229 g/mol. The highest BCUT2D eigenvalue weighted by Crippen LogP contribution is 2.23. The molecule has 0 amide bonds. The maximum Gasteiger partial charge on any atom is 0.149 e. The molecule has 0 atom stereocenters. The number of benzene rings is 1. The largest absolute Gasteiger partial charge is 0.392 e. The summed E-state index contributed by atoms with van der Waals surface area (Å²) in [6, 6.07) is 2.21. The second-order valence-electron chi connectivity index (χ2n) is 3.63. The van der Waals surface area contributed by atoms with Gasteiger partial charge in [-0.15, -0.1) is 0 Å². The van der Waals surface area contributed by atoms with Crippen LogP contribution in [0.1, 0.15) is 25.8 Å². The van der Waals surface area contributed by atoms with E-state index < -0.39 is 18.2 Å². The highest BCUT2D eigenvalue weighted by Gasteiger charge is 2.13. The second-order valence-corrected chi connectivity index (χ2v) is 3.63. The Labute approximate surface area is 94.5 Å². The summed E-state index contributed by atoms with van der Waals surface area (Å²) in [5.41, 5.74) is 0.487. The predicted octanol–water partition coefficient (Wildman–Crippen LogP) is 2.69. The number of rotatable bonds is 5. The van der Waals surface area contributed by atoms with Crippen LogP contribution in [0.4, 0.5) is 14.5 Å². The predicted molar refractivity (Wildman–Crippen MR) is 60.5 cm³/mol. The molecule has 2 nitrogen and oxygen atoms in total. The van der Waals surface area contributed by atoms with Crippen molar-refractivity contribution in [2.24, 2.45) is 0 Å². The van der Waals surface area contributed by atoms with Crippen molar-refractivity contribution in [3.8, 4) is 0 Å². The van der Waals surface area contributed by atoms with Crippen molar-refractivity contribution >= 4 is 5.69 Å². The number of hydrogen-bond donors (Lipinski definition) is 1. The number of halogens is 2. The second kappa shape index (κ2) is 5.80. The lowest BCUT2D eigenvalue weighted by Gasteiger charge is -2.23. The van der Waals surface area contributed by atoms with E-state index in [0.29, 0.717) is 18.8 Å². The normalized spacial score (nSPS) is 10.6. The first-order valence-electron chi connectivity index (χ1n) is 5.47. The fraction of sp³-hybridized carbons (Fsp3) is 0.500. The highest BCUT2D eigenvalue weighted by molar-refractivity contribution is 5.50. The van der Waals surface area contributed by atoms with Crippen LogP contribution in [0.3, 0.4) is 0 Å². The minimum Gasteiger partial charge on any atom is -0.392 e. The van der Waals surface area contributed by atoms with Gasteiger partial charge in [0.05, 0.1) is 12.3 Å². The number of aliphatic hydroxyl groups excluding tert-OH is 1. The first kappa shape index (κ1) is 12.9. The topological polar surface area (TPSA) is 23.5 Å². The van der Waals surface area contributed by atoms with Crippen LogP contribution >= 0.6 is 0 Å². The Morgan fingerprint density at radius 1 is 1.19 bits per heavy atom. The minimum absolute atomic E-state index is 0.131. The molecule has 4 heteroatoms. The number of aliphatic hydroxyl groups is 1. The molecule has 0 fully saturated rings. The van der Waals surface area contributed by atoms with Crippen molar-refractivity contribution in [2.45, 2.75) is 26.9 Å². The van der Waals surface area contributed by atoms with Crippen molar-refractivity contribution in [1.29, 1.82) is 0 Å². The zero-order valence-corrected chi connectivity index (χ0v) is 9.63. The third kappa shape index (κ3) is 2.70. The van der Waals surface area contributed by atoms with Gasteiger partial charge in [0.2, 0.25) is 0 Å². The van der Waals surface area contributed by atoms with Crippen molar-refractivity contribution < 1.29 is 13.9 Å². The Bertz CT molecular complexity index is 355. The molecule has 0 unspecified atom stereocenters. The van der Waals surface area contributed by atoms with Gasteiger partial charge in [0, 0.05) is 24.7 Å². The molecule has 0 aliphatic carbocycles. The molecule has 0 bridgehead atoms. The standard InChI is InChI=1S/C12H17F2NO/c1-3-5-15(4-2)12-6-9(8-16)10(13)7-11(12)14/h6-7,16H,3-5,8H2,1-2H3. The molecule has 1 aromatic rings. The zero-order chi connectivity index (χ0) is 12.1. The number of hydrogen-bond acceptors (Lipinski definition) is 2. The molecule has 0 spiro atoms. The van der Waals surface area contributed by atoms with E-state index in [4.69, 9.17) is 5.11 Å². The van der Waals surface area contributed by atoms with Crippen molar-refractivity contribution in [2.75, 3.05) is 18.0 Å². The molecule has 0 aliphatic rings. The maximum atomic E-state index is 13.6. The Morgan fingerprint density at radius 2 is 1.88 bits per heavy atom. The lowest BCUT2D eigenvalue weighted by Crippen LogP contribution is -2.24. The molecule has 90 valence electrons. The van der Waals surface area contributed by atoms with Crippen LogP contribution in [0.25, 0.3) is 0 Å². The van der Waals surface area contributed by atoms with Crippen molar-refractivity contribution in [1.82, 2.24) is 0 Å². The molecule has 0 radical (unpaired) electrons. The Balaban J connectivity index is 3.10. The van der Waals surface area contributed by atoms with Gasteiger partial charge in [0.15, 0.2) is 0 Å². The summed E-state index contributed by atoms with van der Waals surface area (Å²) >= 11 is 0. The van der Waals surface area contributed by atoms with Crippen LogP contribution < -0.4 is 4.90 Å². The molecule has 1 aromatic carbocycles. The molecule has 0 aromatic heterocycles.